The molecule has 1 unspecified atom stereocenters. The topological polar surface area (TPSA) is 46.8 Å². The Kier molecular flexibility index (Phi) is 4.95. The average Bonchev–Trinajstić information content (AvgIpc) is 3.06. The van der Waals surface area contributed by atoms with Gasteiger partial charge in [-0.3, -0.25) is 0 Å². The smallest absolute Gasteiger partial charge is 0.340 e. The second-order valence-electron chi connectivity index (χ2n) is 7.38. The molecular formula is C20H22F3N5. The zero-order chi connectivity index (χ0) is 19.7. The maximum absolute atomic E-state index is 13.2. The van der Waals surface area contributed by atoms with Gasteiger partial charge in [-0.05, 0) is 43.2 Å². The maximum atomic E-state index is 13.2. The van der Waals surface area contributed by atoms with E-state index in [0.717, 1.165) is 37.9 Å². The van der Waals surface area contributed by atoms with E-state index in [1.54, 1.807) is 24.7 Å². The second-order valence-corrected chi connectivity index (χ2v) is 7.38. The van der Waals surface area contributed by atoms with Crippen LogP contribution in [0.1, 0.15) is 30.4 Å². The number of aromatic nitrogens is 4. The summed E-state index contributed by atoms with van der Waals surface area (Å²) in [5, 5.41) is 0. The number of imidazole rings is 1. The van der Waals surface area contributed by atoms with Crippen molar-refractivity contribution in [1.29, 1.82) is 0 Å². The van der Waals surface area contributed by atoms with E-state index in [9.17, 15) is 13.2 Å². The fourth-order valence-corrected chi connectivity index (χ4v) is 3.91. The van der Waals surface area contributed by atoms with Gasteiger partial charge in [-0.2, -0.15) is 18.2 Å². The van der Waals surface area contributed by atoms with Crippen molar-refractivity contribution in [2.24, 2.45) is 13.0 Å². The molecule has 3 heterocycles. The van der Waals surface area contributed by atoms with Crippen molar-refractivity contribution in [3.05, 3.63) is 47.9 Å². The number of hydrogen-bond acceptors (Lipinski definition) is 4. The third-order valence-electron chi connectivity index (χ3n) is 5.42. The molecule has 8 heteroatoms. The summed E-state index contributed by atoms with van der Waals surface area (Å²) in [6.45, 7) is 1.61. The SMILES string of the molecule is Cn1cnc2nc(N3CCCC(CCc4ccccc4C(F)(F)F)C3)ncc21. The van der Waals surface area contributed by atoms with Crippen LogP contribution in [0.3, 0.4) is 0 Å². The molecule has 0 N–H and O–H groups in total. The molecule has 1 aromatic carbocycles. The molecule has 3 aromatic rings. The van der Waals surface area contributed by atoms with Crippen LogP contribution < -0.4 is 4.90 Å². The van der Waals surface area contributed by atoms with Gasteiger partial charge in [0.15, 0.2) is 5.65 Å². The van der Waals surface area contributed by atoms with Crippen LogP contribution in [0.5, 0.6) is 0 Å². The summed E-state index contributed by atoms with van der Waals surface area (Å²) in [7, 11) is 1.90. The van der Waals surface area contributed by atoms with Gasteiger partial charge in [-0.15, -0.1) is 0 Å². The predicted octanol–water partition coefficient (Wildman–Crippen LogP) is 4.23. The highest BCUT2D eigenvalue weighted by atomic mass is 19.4. The Hall–Kier alpha value is -2.64. The van der Waals surface area contributed by atoms with Crippen molar-refractivity contribution in [2.75, 3.05) is 18.0 Å². The summed E-state index contributed by atoms with van der Waals surface area (Å²) >= 11 is 0. The molecule has 0 aliphatic carbocycles. The number of aryl methyl sites for hydroxylation is 2. The van der Waals surface area contributed by atoms with Crippen molar-refractivity contribution < 1.29 is 13.2 Å². The molecule has 5 nitrogen and oxygen atoms in total. The van der Waals surface area contributed by atoms with Gasteiger partial charge in [0, 0.05) is 20.1 Å². The number of piperidine rings is 1. The van der Waals surface area contributed by atoms with E-state index in [-0.39, 0.29) is 0 Å². The summed E-state index contributed by atoms with van der Waals surface area (Å²) in [6, 6.07) is 5.87. The first-order chi connectivity index (χ1) is 13.4. The van der Waals surface area contributed by atoms with Gasteiger partial charge in [0.1, 0.15) is 5.52 Å². The van der Waals surface area contributed by atoms with Gasteiger partial charge < -0.3 is 9.47 Å². The van der Waals surface area contributed by atoms with Crippen molar-refractivity contribution in [3.8, 4) is 0 Å². The van der Waals surface area contributed by atoms with Crippen LogP contribution in [-0.4, -0.2) is 32.6 Å². The first-order valence-corrected chi connectivity index (χ1v) is 9.46. The van der Waals surface area contributed by atoms with Gasteiger partial charge in [0.2, 0.25) is 5.95 Å². The second kappa shape index (κ2) is 7.41. The molecule has 0 spiro atoms. The van der Waals surface area contributed by atoms with Crippen LogP contribution in [0.15, 0.2) is 36.8 Å². The number of anilines is 1. The zero-order valence-electron chi connectivity index (χ0n) is 15.7. The number of nitrogens with zero attached hydrogens (tertiary/aromatic N) is 5. The summed E-state index contributed by atoms with van der Waals surface area (Å²) in [6.07, 6.45) is 2.31. The Morgan fingerprint density at radius 2 is 2.00 bits per heavy atom. The molecule has 1 atom stereocenters. The fraction of sp³-hybridized carbons (Fsp3) is 0.450. The van der Waals surface area contributed by atoms with Crippen molar-refractivity contribution in [1.82, 2.24) is 19.5 Å². The van der Waals surface area contributed by atoms with Gasteiger partial charge in [-0.1, -0.05) is 18.2 Å². The van der Waals surface area contributed by atoms with Crippen molar-refractivity contribution in [3.63, 3.8) is 0 Å². The number of rotatable bonds is 4. The normalized spacial score (nSPS) is 18.0. The van der Waals surface area contributed by atoms with Gasteiger partial charge in [0.05, 0.1) is 18.1 Å². The first kappa shape index (κ1) is 18.7. The van der Waals surface area contributed by atoms with Crippen molar-refractivity contribution in [2.45, 2.75) is 31.9 Å². The molecule has 1 fully saturated rings. The number of fused-ring (bicyclic) bond motifs is 1. The van der Waals surface area contributed by atoms with E-state index in [2.05, 4.69) is 19.9 Å². The van der Waals surface area contributed by atoms with E-state index in [1.807, 2.05) is 11.6 Å². The molecular weight excluding hydrogens is 367 g/mol. The highest BCUT2D eigenvalue weighted by Gasteiger charge is 2.33. The molecule has 2 aromatic heterocycles. The Labute approximate surface area is 161 Å². The standard InChI is InChI=1S/C20H22F3N5/c1-27-13-25-18-17(27)11-24-19(26-18)28-10-4-5-14(12-28)8-9-15-6-2-3-7-16(15)20(21,22)23/h2-3,6-7,11,13-14H,4-5,8-10,12H2,1H3. The summed E-state index contributed by atoms with van der Waals surface area (Å²) in [4.78, 5) is 15.4. The predicted molar refractivity (Wildman–Crippen MR) is 101 cm³/mol. The van der Waals surface area contributed by atoms with E-state index in [0.29, 0.717) is 29.5 Å². The minimum Gasteiger partial charge on any atom is -0.340 e. The van der Waals surface area contributed by atoms with E-state index < -0.39 is 11.7 Å². The van der Waals surface area contributed by atoms with Gasteiger partial charge >= 0.3 is 6.18 Å². The van der Waals surface area contributed by atoms with Crippen LogP contribution in [-0.2, 0) is 19.6 Å². The van der Waals surface area contributed by atoms with Gasteiger partial charge in [0.25, 0.3) is 0 Å². The van der Waals surface area contributed by atoms with E-state index in [1.165, 1.54) is 12.1 Å². The van der Waals surface area contributed by atoms with Gasteiger partial charge in [-0.25, -0.2) is 9.97 Å². The van der Waals surface area contributed by atoms with Crippen molar-refractivity contribution >= 4 is 17.1 Å². The monoisotopic (exact) mass is 389 g/mol. The summed E-state index contributed by atoms with van der Waals surface area (Å²) < 4.78 is 41.5. The summed E-state index contributed by atoms with van der Waals surface area (Å²) in [5.74, 6) is 0.963. The Morgan fingerprint density at radius 1 is 1.18 bits per heavy atom. The van der Waals surface area contributed by atoms with E-state index in [4.69, 9.17) is 0 Å². The third-order valence-corrected chi connectivity index (χ3v) is 5.42. The largest absolute Gasteiger partial charge is 0.416 e. The highest BCUT2D eigenvalue weighted by Crippen LogP contribution is 2.33. The zero-order valence-corrected chi connectivity index (χ0v) is 15.7. The van der Waals surface area contributed by atoms with Crippen LogP contribution in [0.2, 0.25) is 0 Å². The lowest BCUT2D eigenvalue weighted by Gasteiger charge is -2.33. The molecule has 1 aliphatic rings. The fourth-order valence-electron chi connectivity index (χ4n) is 3.91. The minimum atomic E-state index is -4.30. The number of halogens is 3. The highest BCUT2D eigenvalue weighted by molar-refractivity contribution is 5.70. The van der Waals surface area contributed by atoms with Crippen LogP contribution in [0.25, 0.3) is 11.2 Å². The van der Waals surface area contributed by atoms with E-state index >= 15 is 0 Å². The molecule has 0 saturated carbocycles. The average molecular weight is 389 g/mol. The molecule has 148 valence electrons. The summed E-state index contributed by atoms with van der Waals surface area (Å²) in [5.41, 5.74) is 1.39. The lowest BCUT2D eigenvalue weighted by molar-refractivity contribution is -0.138. The van der Waals surface area contributed by atoms with Crippen LogP contribution >= 0.6 is 0 Å². The molecule has 0 bridgehead atoms. The third kappa shape index (κ3) is 3.81. The number of benzene rings is 1. The molecule has 4 rings (SSSR count). The molecule has 1 saturated heterocycles. The molecule has 0 radical (unpaired) electrons. The number of alkyl halides is 3. The Balaban J connectivity index is 1.44. The Bertz CT molecular complexity index is 966. The lowest BCUT2D eigenvalue weighted by Crippen LogP contribution is -2.36. The molecule has 0 amide bonds. The van der Waals surface area contributed by atoms with Crippen LogP contribution in [0, 0.1) is 5.92 Å². The number of hydrogen-bond donors (Lipinski definition) is 0. The molecule has 28 heavy (non-hydrogen) atoms. The Morgan fingerprint density at radius 3 is 2.82 bits per heavy atom. The quantitative estimate of drug-likeness (QED) is 0.670. The molecule has 1 aliphatic heterocycles. The minimum absolute atomic E-state index is 0.318. The first-order valence-electron chi connectivity index (χ1n) is 9.46. The lowest BCUT2D eigenvalue weighted by atomic mass is 9.90. The van der Waals surface area contributed by atoms with Crippen LogP contribution in [0.4, 0.5) is 19.1 Å². The maximum Gasteiger partial charge on any atom is 0.416 e.